The number of hydrogen-bond acceptors (Lipinski definition) is 5. The van der Waals surface area contributed by atoms with Crippen LogP contribution in [0.15, 0.2) is 0 Å². The van der Waals surface area contributed by atoms with E-state index in [0.29, 0.717) is 0 Å². The van der Waals surface area contributed by atoms with Gasteiger partial charge < -0.3 is 5.11 Å². The molecule has 0 aliphatic rings. The van der Waals surface area contributed by atoms with Crippen molar-refractivity contribution in [2.75, 3.05) is 25.2 Å². The summed E-state index contributed by atoms with van der Waals surface area (Å²) in [4.78, 5) is 0. The molecule has 0 rings (SSSR count). The Labute approximate surface area is 90.7 Å². The monoisotopic (exact) mass is 259 g/mol. The number of sulfone groups is 1. The van der Waals surface area contributed by atoms with Crippen molar-refractivity contribution in [2.24, 2.45) is 0 Å². The lowest BCUT2D eigenvalue weighted by molar-refractivity contribution is 0.319. The quantitative estimate of drug-likeness (QED) is 0.619. The van der Waals surface area contributed by atoms with Gasteiger partial charge in [-0.3, -0.25) is 0 Å². The van der Waals surface area contributed by atoms with E-state index in [0.717, 1.165) is 6.26 Å². The zero-order valence-corrected chi connectivity index (χ0v) is 10.7. The number of hydrogen-bond donors (Lipinski definition) is 2. The van der Waals surface area contributed by atoms with Crippen LogP contribution in [0.3, 0.4) is 0 Å². The van der Waals surface area contributed by atoms with Crippen LogP contribution < -0.4 is 4.72 Å². The minimum absolute atomic E-state index is 0.200. The third kappa shape index (κ3) is 4.92. The summed E-state index contributed by atoms with van der Waals surface area (Å²) in [5.74, 6) is -0.424. The average Bonchev–Trinajstić information content (AvgIpc) is 1.99. The summed E-state index contributed by atoms with van der Waals surface area (Å²) in [6.45, 7) is 2.18. The molecule has 0 amide bonds. The summed E-state index contributed by atoms with van der Waals surface area (Å²) in [6, 6.07) is 0. The van der Waals surface area contributed by atoms with Crippen molar-refractivity contribution in [3.8, 4) is 0 Å². The normalized spacial score (nSPS) is 14.1. The fraction of sp³-hybridized carbons (Fsp3) is 1.00. The molecule has 0 fully saturated rings. The molecule has 0 aromatic heterocycles. The van der Waals surface area contributed by atoms with Crippen LogP contribution >= 0.6 is 0 Å². The SMILES string of the molecule is CC(C)(CNS(=O)(=O)CCO)S(C)(=O)=O. The minimum atomic E-state index is -3.59. The molecule has 0 saturated carbocycles. The highest BCUT2D eigenvalue weighted by atomic mass is 32.2. The van der Waals surface area contributed by atoms with E-state index in [-0.39, 0.29) is 6.54 Å². The van der Waals surface area contributed by atoms with Crippen molar-refractivity contribution in [3.05, 3.63) is 0 Å². The molecule has 0 aliphatic carbocycles. The van der Waals surface area contributed by atoms with E-state index in [9.17, 15) is 16.8 Å². The van der Waals surface area contributed by atoms with Gasteiger partial charge in [-0.05, 0) is 13.8 Å². The van der Waals surface area contributed by atoms with Crippen LogP contribution in [0, 0.1) is 0 Å². The molecule has 0 aromatic rings. The van der Waals surface area contributed by atoms with Gasteiger partial charge in [0.15, 0.2) is 9.84 Å². The van der Waals surface area contributed by atoms with Gasteiger partial charge in [-0.15, -0.1) is 0 Å². The van der Waals surface area contributed by atoms with Crippen LogP contribution in [0.25, 0.3) is 0 Å². The summed E-state index contributed by atoms with van der Waals surface area (Å²) in [5, 5.41) is 8.45. The summed E-state index contributed by atoms with van der Waals surface area (Å²) >= 11 is 0. The lowest BCUT2D eigenvalue weighted by atomic mass is 10.2. The van der Waals surface area contributed by atoms with Gasteiger partial charge in [-0.25, -0.2) is 21.6 Å². The Hall–Kier alpha value is -0.180. The Balaban J connectivity index is 4.54. The van der Waals surface area contributed by atoms with Crippen molar-refractivity contribution in [1.82, 2.24) is 4.72 Å². The maximum atomic E-state index is 11.2. The zero-order valence-electron chi connectivity index (χ0n) is 9.02. The van der Waals surface area contributed by atoms with Crippen molar-refractivity contribution >= 4 is 19.9 Å². The number of sulfonamides is 1. The fourth-order valence-corrected chi connectivity index (χ4v) is 2.00. The van der Waals surface area contributed by atoms with Gasteiger partial charge in [0.2, 0.25) is 10.0 Å². The molecule has 6 nitrogen and oxygen atoms in total. The molecule has 92 valence electrons. The predicted octanol–water partition coefficient (Wildman–Crippen LogP) is -1.28. The Morgan fingerprint density at radius 2 is 1.67 bits per heavy atom. The van der Waals surface area contributed by atoms with Gasteiger partial charge in [-0.2, -0.15) is 0 Å². The van der Waals surface area contributed by atoms with E-state index in [1.807, 2.05) is 0 Å². The second-order valence-corrected chi connectivity index (χ2v) is 8.47. The topological polar surface area (TPSA) is 101 Å². The van der Waals surface area contributed by atoms with E-state index in [2.05, 4.69) is 4.72 Å². The van der Waals surface area contributed by atoms with E-state index in [4.69, 9.17) is 5.11 Å². The molecular formula is C7H17NO5S2. The van der Waals surface area contributed by atoms with E-state index in [1.165, 1.54) is 13.8 Å². The minimum Gasteiger partial charge on any atom is -0.395 e. The lowest BCUT2D eigenvalue weighted by Crippen LogP contribution is -2.44. The molecule has 0 aromatic carbocycles. The molecule has 0 bridgehead atoms. The standard InChI is InChI=1S/C7H17NO5S2/c1-7(2,14(3,10)11)6-8-15(12,13)5-4-9/h8-9H,4-6H2,1-3H3. The van der Waals surface area contributed by atoms with E-state index in [1.54, 1.807) is 0 Å². The molecule has 2 N–H and O–H groups in total. The number of aliphatic hydroxyl groups is 1. The third-order valence-electron chi connectivity index (χ3n) is 2.08. The average molecular weight is 259 g/mol. The first kappa shape index (κ1) is 14.8. The van der Waals surface area contributed by atoms with Gasteiger partial charge in [0.25, 0.3) is 0 Å². The highest BCUT2D eigenvalue weighted by Crippen LogP contribution is 2.13. The molecule has 0 radical (unpaired) electrons. The number of rotatable bonds is 6. The predicted molar refractivity (Wildman–Crippen MR) is 57.8 cm³/mol. The first-order valence-electron chi connectivity index (χ1n) is 4.30. The van der Waals surface area contributed by atoms with Gasteiger partial charge in [0, 0.05) is 12.8 Å². The van der Waals surface area contributed by atoms with Gasteiger partial charge in [0.05, 0.1) is 17.1 Å². The van der Waals surface area contributed by atoms with Crippen LogP contribution in [0.1, 0.15) is 13.8 Å². The van der Waals surface area contributed by atoms with E-state index >= 15 is 0 Å². The van der Waals surface area contributed by atoms with Crippen molar-refractivity contribution < 1.29 is 21.9 Å². The molecule has 0 saturated heterocycles. The van der Waals surface area contributed by atoms with Crippen LogP contribution in [0.2, 0.25) is 0 Å². The summed E-state index contributed by atoms with van der Waals surface area (Å²) < 4.78 is 45.7. The molecule has 0 atom stereocenters. The Morgan fingerprint density at radius 1 is 1.20 bits per heavy atom. The molecular weight excluding hydrogens is 242 g/mol. The summed E-state index contributed by atoms with van der Waals surface area (Å²) in [6.07, 6.45) is 1.05. The van der Waals surface area contributed by atoms with E-state index < -0.39 is 37.0 Å². The van der Waals surface area contributed by atoms with Crippen LogP contribution in [0.5, 0.6) is 0 Å². The highest BCUT2D eigenvalue weighted by molar-refractivity contribution is 7.92. The summed E-state index contributed by atoms with van der Waals surface area (Å²) in [5.41, 5.74) is 0. The third-order valence-corrected chi connectivity index (χ3v) is 5.54. The fourth-order valence-electron chi connectivity index (χ4n) is 0.607. The van der Waals surface area contributed by atoms with Crippen LogP contribution in [-0.4, -0.2) is 51.8 Å². The smallest absolute Gasteiger partial charge is 0.213 e. The number of aliphatic hydroxyl groups excluding tert-OH is 1. The van der Waals surface area contributed by atoms with Crippen LogP contribution in [-0.2, 0) is 19.9 Å². The Morgan fingerprint density at radius 3 is 2.00 bits per heavy atom. The largest absolute Gasteiger partial charge is 0.395 e. The molecule has 0 spiro atoms. The molecule has 0 aliphatic heterocycles. The first-order chi connectivity index (χ1) is 6.52. The first-order valence-corrected chi connectivity index (χ1v) is 7.84. The maximum Gasteiger partial charge on any atom is 0.213 e. The number of nitrogens with one attached hydrogen (secondary N) is 1. The molecule has 0 heterocycles. The van der Waals surface area contributed by atoms with Gasteiger partial charge in [-0.1, -0.05) is 0 Å². The Bertz CT molecular complexity index is 395. The van der Waals surface area contributed by atoms with Crippen molar-refractivity contribution in [1.29, 1.82) is 0 Å². The summed E-state index contributed by atoms with van der Waals surface area (Å²) in [7, 11) is -6.92. The second-order valence-electron chi connectivity index (χ2n) is 3.90. The van der Waals surface area contributed by atoms with Crippen LogP contribution in [0.4, 0.5) is 0 Å². The lowest BCUT2D eigenvalue weighted by Gasteiger charge is -2.22. The Kier molecular flexibility index (Phi) is 4.71. The second kappa shape index (κ2) is 4.77. The molecule has 8 heteroatoms. The van der Waals surface area contributed by atoms with Crippen molar-refractivity contribution in [3.63, 3.8) is 0 Å². The molecule has 0 unspecified atom stereocenters. The van der Waals surface area contributed by atoms with Gasteiger partial charge >= 0.3 is 0 Å². The maximum absolute atomic E-state index is 11.2. The van der Waals surface area contributed by atoms with Gasteiger partial charge in [0.1, 0.15) is 0 Å². The highest BCUT2D eigenvalue weighted by Gasteiger charge is 2.31. The molecule has 15 heavy (non-hydrogen) atoms. The van der Waals surface area contributed by atoms with Crippen molar-refractivity contribution in [2.45, 2.75) is 18.6 Å². The zero-order chi connectivity index (χ0) is 12.3.